The van der Waals surface area contributed by atoms with Crippen LogP contribution in [0.1, 0.15) is 85.5 Å². The minimum Gasteiger partial charge on any atom is -0.409 e. The highest BCUT2D eigenvalue weighted by Gasteiger charge is 2.37. The first-order valence-corrected chi connectivity index (χ1v) is 15.2. The molecule has 0 fully saturated rings. The lowest BCUT2D eigenvalue weighted by Crippen LogP contribution is -2.41. The van der Waals surface area contributed by atoms with E-state index in [1.165, 1.54) is 56.7 Å². The molecule has 0 spiro atoms. The van der Waals surface area contributed by atoms with Gasteiger partial charge in [0.05, 0.1) is 19.3 Å². The standard InChI is InChI=1S/C27H46O3Si/c1-6-11-22-31(23-12-7-2,24-13-8-3)30-27-17-14-16-25(27)18-19-26(15-9-4)29-21-20-28-10-5/h4,16,26-27H,6-8,10-15,17,20-24H2,1-3,5H3. The van der Waals surface area contributed by atoms with Crippen molar-refractivity contribution in [3.8, 4) is 24.2 Å². The second-order valence-corrected chi connectivity index (χ2v) is 12.7. The van der Waals surface area contributed by atoms with Crippen molar-refractivity contribution < 1.29 is 13.9 Å². The van der Waals surface area contributed by atoms with Gasteiger partial charge in [-0.3, -0.25) is 0 Å². The zero-order chi connectivity index (χ0) is 22.8. The van der Waals surface area contributed by atoms with Gasteiger partial charge in [-0.05, 0) is 37.9 Å². The second kappa shape index (κ2) is 17.5. The van der Waals surface area contributed by atoms with Crippen molar-refractivity contribution in [2.75, 3.05) is 19.8 Å². The molecule has 0 N–H and O–H groups in total. The van der Waals surface area contributed by atoms with E-state index in [9.17, 15) is 0 Å². The van der Waals surface area contributed by atoms with E-state index in [1.54, 1.807) is 0 Å². The molecule has 3 nitrogen and oxygen atoms in total. The molecule has 0 aromatic heterocycles. The SMILES string of the molecule is C#CCC(C#CC1=CCCC1O[Si](CCCC)(CCCC)CCCC)OCCOCC. The molecule has 2 atom stereocenters. The maximum atomic E-state index is 7.09. The third kappa shape index (κ3) is 11.4. The third-order valence-corrected chi connectivity index (χ3v) is 10.5. The van der Waals surface area contributed by atoms with Gasteiger partial charge in [0, 0.05) is 18.6 Å². The van der Waals surface area contributed by atoms with Gasteiger partial charge in [0.1, 0.15) is 6.10 Å². The van der Waals surface area contributed by atoms with Crippen LogP contribution in [0.15, 0.2) is 11.6 Å². The number of terminal acetylenes is 1. The molecule has 0 aromatic rings. The Hall–Kier alpha value is -1.04. The summed E-state index contributed by atoms with van der Waals surface area (Å²) in [5.74, 6) is 9.37. The molecule has 0 aromatic carbocycles. The summed E-state index contributed by atoms with van der Waals surface area (Å²) in [6.07, 6.45) is 17.9. The predicted octanol–water partition coefficient (Wildman–Crippen LogP) is 6.89. The normalized spacial score (nSPS) is 17.0. The molecular weight excluding hydrogens is 400 g/mol. The Labute approximate surface area is 193 Å². The Morgan fingerprint density at radius 3 is 2.23 bits per heavy atom. The summed E-state index contributed by atoms with van der Waals surface area (Å²) in [6.45, 7) is 10.7. The van der Waals surface area contributed by atoms with Gasteiger partial charge in [-0.1, -0.05) is 77.2 Å². The molecular formula is C27H46O3Si. The van der Waals surface area contributed by atoms with E-state index in [-0.39, 0.29) is 12.2 Å². The summed E-state index contributed by atoms with van der Waals surface area (Å²) in [7, 11) is -1.76. The summed E-state index contributed by atoms with van der Waals surface area (Å²) < 4.78 is 18.3. The quantitative estimate of drug-likeness (QED) is 0.138. The number of ether oxygens (including phenoxy) is 2. The highest BCUT2D eigenvalue weighted by Crippen LogP contribution is 2.34. The maximum Gasteiger partial charge on any atom is 0.193 e. The fraction of sp³-hybridized carbons (Fsp3) is 0.778. The monoisotopic (exact) mass is 446 g/mol. The lowest BCUT2D eigenvalue weighted by Gasteiger charge is -2.35. The van der Waals surface area contributed by atoms with E-state index in [4.69, 9.17) is 20.3 Å². The third-order valence-electron chi connectivity index (χ3n) is 5.92. The number of unbranched alkanes of at least 4 members (excludes halogenated alkanes) is 3. The van der Waals surface area contributed by atoms with E-state index >= 15 is 0 Å². The summed E-state index contributed by atoms with van der Waals surface area (Å²) in [5, 5.41) is 0. The molecule has 0 heterocycles. The molecule has 0 saturated carbocycles. The summed E-state index contributed by atoms with van der Waals surface area (Å²) in [5.41, 5.74) is 1.15. The van der Waals surface area contributed by atoms with Crippen LogP contribution < -0.4 is 0 Å². The van der Waals surface area contributed by atoms with Crippen LogP contribution in [0, 0.1) is 24.2 Å². The number of allylic oxidation sites excluding steroid dienone is 1. The van der Waals surface area contributed by atoms with Crippen molar-refractivity contribution in [3.05, 3.63) is 11.6 Å². The molecule has 1 aliphatic carbocycles. The number of hydrogen-bond donors (Lipinski definition) is 0. The van der Waals surface area contributed by atoms with Crippen molar-refractivity contribution in [2.45, 2.75) is 116 Å². The van der Waals surface area contributed by atoms with E-state index in [2.05, 4.69) is 44.6 Å². The van der Waals surface area contributed by atoms with E-state index in [0.29, 0.717) is 26.2 Å². The zero-order valence-corrected chi connectivity index (χ0v) is 21.6. The molecule has 0 aliphatic heterocycles. The average molecular weight is 447 g/mol. The molecule has 176 valence electrons. The van der Waals surface area contributed by atoms with Crippen LogP contribution in [0.4, 0.5) is 0 Å². The predicted molar refractivity (Wildman–Crippen MR) is 135 cm³/mol. The molecule has 2 unspecified atom stereocenters. The van der Waals surface area contributed by atoms with Crippen LogP contribution in [-0.4, -0.2) is 40.3 Å². The van der Waals surface area contributed by atoms with E-state index in [0.717, 1.165) is 18.4 Å². The Kier molecular flexibility index (Phi) is 15.8. The zero-order valence-electron chi connectivity index (χ0n) is 20.6. The average Bonchev–Trinajstić information content (AvgIpc) is 3.22. The van der Waals surface area contributed by atoms with Gasteiger partial charge in [0.15, 0.2) is 8.32 Å². The summed E-state index contributed by atoms with van der Waals surface area (Å²) in [6, 6.07) is 3.88. The van der Waals surface area contributed by atoms with Crippen molar-refractivity contribution >= 4 is 8.32 Å². The van der Waals surface area contributed by atoms with Gasteiger partial charge in [-0.15, -0.1) is 12.3 Å². The fourth-order valence-electron chi connectivity index (χ4n) is 4.10. The van der Waals surface area contributed by atoms with Gasteiger partial charge in [-0.25, -0.2) is 0 Å². The second-order valence-electron chi connectivity index (χ2n) is 8.57. The molecule has 4 heteroatoms. The largest absolute Gasteiger partial charge is 0.409 e. The highest BCUT2D eigenvalue weighted by atomic mass is 28.4. The smallest absolute Gasteiger partial charge is 0.193 e. The van der Waals surface area contributed by atoms with Gasteiger partial charge < -0.3 is 13.9 Å². The van der Waals surface area contributed by atoms with Crippen LogP contribution in [0.5, 0.6) is 0 Å². The first-order valence-electron chi connectivity index (χ1n) is 12.7. The minimum atomic E-state index is -1.76. The Morgan fingerprint density at radius 2 is 1.68 bits per heavy atom. The van der Waals surface area contributed by atoms with Crippen molar-refractivity contribution in [3.63, 3.8) is 0 Å². The van der Waals surface area contributed by atoms with Crippen LogP contribution in [0.25, 0.3) is 0 Å². The molecule has 0 bridgehead atoms. The van der Waals surface area contributed by atoms with Gasteiger partial charge in [0.2, 0.25) is 0 Å². The van der Waals surface area contributed by atoms with Crippen molar-refractivity contribution in [2.24, 2.45) is 0 Å². The highest BCUT2D eigenvalue weighted by molar-refractivity contribution is 6.73. The molecule has 31 heavy (non-hydrogen) atoms. The van der Waals surface area contributed by atoms with Crippen LogP contribution >= 0.6 is 0 Å². The number of rotatable bonds is 17. The summed E-state index contributed by atoms with van der Waals surface area (Å²) >= 11 is 0. The summed E-state index contributed by atoms with van der Waals surface area (Å²) in [4.78, 5) is 0. The van der Waals surface area contributed by atoms with Crippen LogP contribution in [0.3, 0.4) is 0 Å². The first kappa shape index (κ1) is 28.0. The molecule has 1 rings (SSSR count). The molecule has 0 amide bonds. The topological polar surface area (TPSA) is 27.7 Å². The van der Waals surface area contributed by atoms with Crippen LogP contribution in [0.2, 0.25) is 18.1 Å². The van der Waals surface area contributed by atoms with Gasteiger partial charge in [0.25, 0.3) is 0 Å². The Bertz CT molecular complexity index is 574. The first-order chi connectivity index (χ1) is 15.1. The van der Waals surface area contributed by atoms with Gasteiger partial charge >= 0.3 is 0 Å². The maximum absolute atomic E-state index is 7.09. The van der Waals surface area contributed by atoms with E-state index < -0.39 is 8.32 Å². The lowest BCUT2D eigenvalue weighted by molar-refractivity contribution is 0.0322. The Balaban J connectivity index is 2.87. The number of hydrogen-bond acceptors (Lipinski definition) is 3. The van der Waals surface area contributed by atoms with Crippen LogP contribution in [-0.2, 0) is 13.9 Å². The van der Waals surface area contributed by atoms with Crippen molar-refractivity contribution in [1.82, 2.24) is 0 Å². The fourth-order valence-corrected chi connectivity index (χ4v) is 9.04. The van der Waals surface area contributed by atoms with E-state index in [1.807, 2.05) is 6.92 Å². The molecule has 0 radical (unpaired) electrons. The molecule has 1 aliphatic rings. The molecule has 0 saturated heterocycles. The minimum absolute atomic E-state index is 0.166. The lowest BCUT2D eigenvalue weighted by atomic mass is 10.1. The van der Waals surface area contributed by atoms with Gasteiger partial charge in [-0.2, -0.15) is 0 Å². The van der Waals surface area contributed by atoms with Crippen molar-refractivity contribution in [1.29, 1.82) is 0 Å². The Morgan fingerprint density at radius 1 is 1.03 bits per heavy atom.